The van der Waals surface area contributed by atoms with E-state index in [-0.39, 0.29) is 11.6 Å². The molecule has 1 aromatic carbocycles. The van der Waals surface area contributed by atoms with Gasteiger partial charge in [0.2, 0.25) is 5.88 Å². The second-order valence-corrected chi connectivity index (χ2v) is 3.83. The third kappa shape index (κ3) is 2.68. The van der Waals surface area contributed by atoms with Gasteiger partial charge in [-0.25, -0.2) is 4.79 Å². The molecule has 0 aliphatic carbocycles. The monoisotopic (exact) mass is 287 g/mol. The molecule has 2 rings (SSSR count). The van der Waals surface area contributed by atoms with Crippen LogP contribution in [0.15, 0.2) is 34.9 Å². The van der Waals surface area contributed by atoms with Crippen molar-refractivity contribution in [3.63, 3.8) is 0 Å². The number of alkyl halides is 3. The SMILES string of the molecule is O=C(O)c1c(O)coc1Nc1cccc(C(F)(F)F)c1. The number of aromatic hydroxyl groups is 1. The van der Waals surface area contributed by atoms with Crippen molar-refractivity contribution in [2.24, 2.45) is 0 Å². The molecule has 5 nitrogen and oxygen atoms in total. The van der Waals surface area contributed by atoms with Crippen LogP contribution in [0.4, 0.5) is 24.7 Å². The molecule has 2 aromatic rings. The maximum absolute atomic E-state index is 12.5. The zero-order valence-corrected chi connectivity index (χ0v) is 9.73. The summed E-state index contributed by atoms with van der Waals surface area (Å²) in [5.41, 5.74) is -1.46. The molecule has 1 aromatic heterocycles. The average Bonchev–Trinajstić information content (AvgIpc) is 2.69. The third-order valence-electron chi connectivity index (χ3n) is 2.43. The molecular formula is C12H8F3NO4. The molecule has 0 fully saturated rings. The number of nitrogens with one attached hydrogen (secondary N) is 1. The van der Waals surface area contributed by atoms with Crippen molar-refractivity contribution in [1.29, 1.82) is 0 Å². The Labute approximate surface area is 110 Å². The predicted octanol–water partition coefficient (Wildman–Crippen LogP) is 3.45. The molecule has 20 heavy (non-hydrogen) atoms. The van der Waals surface area contributed by atoms with Crippen LogP contribution < -0.4 is 5.32 Å². The van der Waals surface area contributed by atoms with Crippen molar-refractivity contribution in [1.82, 2.24) is 0 Å². The molecule has 0 spiro atoms. The Morgan fingerprint density at radius 1 is 1.30 bits per heavy atom. The highest BCUT2D eigenvalue weighted by Gasteiger charge is 2.30. The van der Waals surface area contributed by atoms with E-state index in [9.17, 15) is 23.1 Å². The van der Waals surface area contributed by atoms with Gasteiger partial charge >= 0.3 is 12.1 Å². The minimum absolute atomic E-state index is 0.0170. The fraction of sp³-hybridized carbons (Fsp3) is 0.0833. The number of aromatic carboxylic acids is 1. The second-order valence-electron chi connectivity index (χ2n) is 3.83. The van der Waals surface area contributed by atoms with E-state index in [4.69, 9.17) is 9.52 Å². The number of rotatable bonds is 3. The largest absolute Gasteiger partial charge is 0.504 e. The highest BCUT2D eigenvalue weighted by molar-refractivity contribution is 5.96. The van der Waals surface area contributed by atoms with Crippen LogP contribution in [0.2, 0.25) is 0 Å². The fourth-order valence-corrected chi connectivity index (χ4v) is 1.55. The molecule has 0 unspecified atom stereocenters. The number of anilines is 2. The molecule has 0 bridgehead atoms. The Kier molecular flexibility index (Phi) is 3.31. The first-order chi connectivity index (χ1) is 9.29. The van der Waals surface area contributed by atoms with Gasteiger partial charge in [0.05, 0.1) is 5.56 Å². The molecule has 106 valence electrons. The van der Waals surface area contributed by atoms with Crippen LogP contribution in [0.1, 0.15) is 15.9 Å². The number of carbonyl (C=O) groups is 1. The van der Waals surface area contributed by atoms with E-state index in [0.717, 1.165) is 24.5 Å². The highest BCUT2D eigenvalue weighted by atomic mass is 19.4. The first-order valence-corrected chi connectivity index (χ1v) is 5.27. The summed E-state index contributed by atoms with van der Waals surface area (Å²) in [6.45, 7) is 0. The molecule has 0 saturated carbocycles. The maximum atomic E-state index is 12.5. The standard InChI is InChI=1S/C12H8F3NO4/c13-12(14,15)6-2-1-3-7(4-6)16-10-9(11(18)19)8(17)5-20-10/h1-5,16-17H,(H,18,19). The normalized spacial score (nSPS) is 11.3. The zero-order valence-electron chi connectivity index (χ0n) is 9.73. The van der Waals surface area contributed by atoms with Gasteiger partial charge in [0.1, 0.15) is 6.26 Å². The van der Waals surface area contributed by atoms with Crippen LogP contribution in [-0.2, 0) is 6.18 Å². The summed E-state index contributed by atoms with van der Waals surface area (Å²) in [7, 11) is 0. The Bertz CT molecular complexity index is 648. The van der Waals surface area contributed by atoms with E-state index >= 15 is 0 Å². The smallest absolute Gasteiger partial charge is 0.416 e. The fourth-order valence-electron chi connectivity index (χ4n) is 1.55. The molecule has 1 heterocycles. The van der Waals surface area contributed by atoms with Crippen molar-refractivity contribution >= 4 is 17.5 Å². The first kappa shape index (κ1) is 13.8. The summed E-state index contributed by atoms with van der Waals surface area (Å²) in [6, 6.07) is 4.14. The van der Waals surface area contributed by atoms with E-state index in [1.165, 1.54) is 6.07 Å². The first-order valence-electron chi connectivity index (χ1n) is 5.27. The summed E-state index contributed by atoms with van der Waals surface area (Å²) < 4.78 is 42.4. The van der Waals surface area contributed by atoms with E-state index in [0.29, 0.717) is 0 Å². The Morgan fingerprint density at radius 3 is 2.60 bits per heavy atom. The van der Waals surface area contributed by atoms with Gasteiger partial charge in [0.25, 0.3) is 0 Å². The molecule has 0 aliphatic heterocycles. The molecular weight excluding hydrogens is 279 g/mol. The van der Waals surface area contributed by atoms with Crippen LogP contribution in [0.25, 0.3) is 0 Å². The van der Waals surface area contributed by atoms with Crippen molar-refractivity contribution in [2.75, 3.05) is 5.32 Å². The predicted molar refractivity (Wildman–Crippen MR) is 62.1 cm³/mol. The summed E-state index contributed by atoms with van der Waals surface area (Å²) in [5, 5.41) is 20.5. The van der Waals surface area contributed by atoms with Crippen molar-refractivity contribution in [2.45, 2.75) is 6.18 Å². The van der Waals surface area contributed by atoms with Crippen molar-refractivity contribution in [3.05, 3.63) is 41.7 Å². The molecule has 0 aliphatic rings. The van der Waals surface area contributed by atoms with Gasteiger partial charge in [-0.1, -0.05) is 6.07 Å². The molecule has 8 heteroatoms. The third-order valence-corrected chi connectivity index (χ3v) is 2.43. The number of hydrogen-bond acceptors (Lipinski definition) is 4. The lowest BCUT2D eigenvalue weighted by Crippen LogP contribution is -2.05. The topological polar surface area (TPSA) is 82.7 Å². The molecule has 3 N–H and O–H groups in total. The molecule has 0 radical (unpaired) electrons. The van der Waals surface area contributed by atoms with E-state index < -0.39 is 29.0 Å². The summed E-state index contributed by atoms with van der Waals surface area (Å²) >= 11 is 0. The number of furan rings is 1. The summed E-state index contributed by atoms with van der Waals surface area (Å²) in [6.07, 6.45) is -3.74. The van der Waals surface area contributed by atoms with E-state index in [1.54, 1.807) is 0 Å². The van der Waals surface area contributed by atoms with E-state index in [2.05, 4.69) is 5.32 Å². The van der Waals surface area contributed by atoms with Crippen LogP contribution in [0, 0.1) is 0 Å². The quantitative estimate of drug-likeness (QED) is 0.805. The number of carboxylic acid groups (broad SMARTS) is 1. The molecule has 0 amide bonds. The molecule has 0 saturated heterocycles. The minimum Gasteiger partial charge on any atom is -0.504 e. The van der Waals surface area contributed by atoms with Gasteiger partial charge in [-0.3, -0.25) is 0 Å². The minimum atomic E-state index is -4.52. The van der Waals surface area contributed by atoms with E-state index in [1.807, 2.05) is 0 Å². The lowest BCUT2D eigenvalue weighted by Gasteiger charge is -2.09. The zero-order chi connectivity index (χ0) is 14.9. The van der Waals surface area contributed by atoms with Crippen molar-refractivity contribution in [3.8, 4) is 5.75 Å². The maximum Gasteiger partial charge on any atom is 0.416 e. The van der Waals surface area contributed by atoms with Gasteiger partial charge in [0, 0.05) is 5.69 Å². The average molecular weight is 287 g/mol. The summed E-state index contributed by atoms with van der Waals surface area (Å²) in [4.78, 5) is 10.9. The Morgan fingerprint density at radius 2 is 2.00 bits per heavy atom. The Hall–Kier alpha value is -2.64. The molecule has 0 atom stereocenters. The second kappa shape index (κ2) is 4.80. The number of benzene rings is 1. The van der Waals surface area contributed by atoms with Crippen LogP contribution >= 0.6 is 0 Å². The number of hydrogen-bond donors (Lipinski definition) is 3. The highest BCUT2D eigenvalue weighted by Crippen LogP contribution is 2.33. The number of halogens is 3. The lowest BCUT2D eigenvalue weighted by molar-refractivity contribution is -0.137. The summed E-state index contributed by atoms with van der Waals surface area (Å²) in [5.74, 6) is -2.44. The van der Waals surface area contributed by atoms with Crippen LogP contribution in [0.5, 0.6) is 5.75 Å². The van der Waals surface area contributed by atoms with Gasteiger partial charge < -0.3 is 19.9 Å². The van der Waals surface area contributed by atoms with Crippen molar-refractivity contribution < 1.29 is 32.6 Å². The van der Waals surface area contributed by atoms with Crippen LogP contribution in [0.3, 0.4) is 0 Å². The number of carboxylic acids is 1. The van der Waals surface area contributed by atoms with Gasteiger partial charge in [-0.15, -0.1) is 0 Å². The lowest BCUT2D eigenvalue weighted by atomic mass is 10.2. The van der Waals surface area contributed by atoms with Gasteiger partial charge in [0.15, 0.2) is 11.3 Å². The van der Waals surface area contributed by atoms with Gasteiger partial charge in [-0.05, 0) is 18.2 Å². The Balaban J connectivity index is 2.34. The van der Waals surface area contributed by atoms with Gasteiger partial charge in [-0.2, -0.15) is 13.2 Å². The van der Waals surface area contributed by atoms with Crippen LogP contribution in [-0.4, -0.2) is 16.2 Å².